The van der Waals surface area contributed by atoms with Crippen LogP contribution in [0.3, 0.4) is 0 Å². The number of piperazine rings is 1. The third-order valence-corrected chi connectivity index (χ3v) is 5.71. The summed E-state index contributed by atoms with van der Waals surface area (Å²) in [4.78, 5) is 39.9. The van der Waals surface area contributed by atoms with Crippen molar-refractivity contribution >= 4 is 17.7 Å². The average Bonchev–Trinajstić information content (AvgIpc) is 3.37. The molecule has 194 valence electrons. The number of hydrogen-bond donors (Lipinski definition) is 1. The molecule has 1 saturated heterocycles. The quantitative estimate of drug-likeness (QED) is 0.519. The summed E-state index contributed by atoms with van der Waals surface area (Å²) in [5.41, 5.74) is -1.64. The largest absolute Gasteiger partial charge is 0.417 e. The van der Waals surface area contributed by atoms with E-state index in [-0.39, 0.29) is 37.6 Å². The molecule has 1 aliphatic heterocycles. The van der Waals surface area contributed by atoms with Gasteiger partial charge in [-0.3, -0.25) is 14.4 Å². The van der Waals surface area contributed by atoms with E-state index < -0.39 is 53.2 Å². The van der Waals surface area contributed by atoms with E-state index in [2.05, 4.69) is 10.5 Å². The summed E-state index contributed by atoms with van der Waals surface area (Å²) in [7, 11) is 0. The number of carbonyl (C=O) groups excluding carboxylic acids is 3. The number of benzene rings is 2. The number of carbonyl (C=O) groups is 3. The molecular weight excluding hydrogens is 503 g/mol. The molecule has 8 nitrogen and oxygen atoms in total. The van der Waals surface area contributed by atoms with Crippen LogP contribution in [0.4, 0.5) is 22.0 Å². The highest BCUT2D eigenvalue weighted by Crippen LogP contribution is 2.33. The fourth-order valence-corrected chi connectivity index (χ4v) is 3.76. The minimum absolute atomic E-state index is 0.00971. The fourth-order valence-electron chi connectivity index (χ4n) is 3.76. The highest BCUT2D eigenvalue weighted by molar-refractivity contribution is 5.97. The third-order valence-electron chi connectivity index (χ3n) is 5.71. The number of nitrogens with one attached hydrogen (secondary N) is 1. The Hall–Kier alpha value is -4.29. The predicted molar refractivity (Wildman–Crippen MR) is 118 cm³/mol. The maximum atomic E-state index is 13.6. The molecular formula is C24H19F5N4O4. The van der Waals surface area contributed by atoms with Gasteiger partial charge in [-0.2, -0.15) is 13.2 Å². The summed E-state index contributed by atoms with van der Waals surface area (Å²) >= 11 is 0. The Morgan fingerprint density at radius 1 is 0.892 bits per heavy atom. The topological polar surface area (TPSA) is 95.8 Å². The number of rotatable bonds is 5. The summed E-state index contributed by atoms with van der Waals surface area (Å²) in [5.74, 6) is -3.35. The predicted octanol–water partition coefficient (Wildman–Crippen LogP) is 3.35. The first-order valence-electron chi connectivity index (χ1n) is 11.0. The van der Waals surface area contributed by atoms with Gasteiger partial charge in [0.1, 0.15) is 11.6 Å². The van der Waals surface area contributed by atoms with E-state index >= 15 is 0 Å². The highest BCUT2D eigenvalue weighted by atomic mass is 19.4. The average molecular weight is 522 g/mol. The normalized spacial score (nSPS) is 14.0. The van der Waals surface area contributed by atoms with Crippen molar-refractivity contribution in [3.05, 3.63) is 77.0 Å². The SMILES string of the molecule is O=C(NCC(=O)N1CCN(C(=O)c2cc(F)ccc2C(F)(F)F)CC1)c1cc(-c2ccc(F)cc2)on1. The third kappa shape index (κ3) is 5.93. The van der Waals surface area contributed by atoms with Gasteiger partial charge < -0.3 is 19.6 Å². The second kappa shape index (κ2) is 10.4. The maximum absolute atomic E-state index is 13.6. The first-order chi connectivity index (χ1) is 17.5. The number of aromatic nitrogens is 1. The lowest BCUT2D eigenvalue weighted by Gasteiger charge is -2.35. The van der Waals surface area contributed by atoms with Gasteiger partial charge >= 0.3 is 6.18 Å². The first kappa shape index (κ1) is 25.8. The minimum atomic E-state index is -4.84. The molecule has 0 unspecified atom stereocenters. The van der Waals surface area contributed by atoms with Gasteiger partial charge in [0, 0.05) is 37.8 Å². The van der Waals surface area contributed by atoms with Crippen molar-refractivity contribution in [2.45, 2.75) is 6.18 Å². The number of nitrogens with zero attached hydrogens (tertiary/aromatic N) is 3. The molecule has 3 amide bonds. The summed E-state index contributed by atoms with van der Waals surface area (Å²) in [6.45, 7) is -0.521. The van der Waals surface area contributed by atoms with Crippen LogP contribution in [-0.2, 0) is 11.0 Å². The lowest BCUT2D eigenvalue weighted by molar-refractivity contribution is -0.138. The van der Waals surface area contributed by atoms with Gasteiger partial charge in [-0.15, -0.1) is 0 Å². The van der Waals surface area contributed by atoms with Crippen LogP contribution < -0.4 is 5.32 Å². The van der Waals surface area contributed by atoms with Crippen molar-refractivity contribution < 1.29 is 40.9 Å². The van der Waals surface area contributed by atoms with Crippen molar-refractivity contribution in [1.82, 2.24) is 20.3 Å². The molecule has 0 bridgehead atoms. The lowest BCUT2D eigenvalue weighted by atomic mass is 10.0. The van der Waals surface area contributed by atoms with Crippen LogP contribution in [0.1, 0.15) is 26.4 Å². The molecule has 4 rings (SSSR count). The second-order valence-electron chi connectivity index (χ2n) is 8.13. The van der Waals surface area contributed by atoms with E-state index in [0.29, 0.717) is 23.8 Å². The molecule has 1 aromatic heterocycles. The fraction of sp³-hybridized carbons (Fsp3) is 0.250. The van der Waals surface area contributed by atoms with Gasteiger partial charge in [-0.05, 0) is 42.5 Å². The molecule has 13 heteroatoms. The Labute approximate surface area is 206 Å². The molecule has 0 spiro atoms. The number of hydrogen-bond acceptors (Lipinski definition) is 5. The molecule has 1 aliphatic rings. The molecule has 0 aliphatic carbocycles. The van der Waals surface area contributed by atoms with Crippen LogP contribution in [0.25, 0.3) is 11.3 Å². The molecule has 2 aromatic carbocycles. The Morgan fingerprint density at radius 2 is 1.51 bits per heavy atom. The van der Waals surface area contributed by atoms with Crippen LogP contribution in [0.5, 0.6) is 0 Å². The minimum Gasteiger partial charge on any atom is -0.355 e. The summed E-state index contributed by atoms with van der Waals surface area (Å²) in [5, 5.41) is 6.04. The monoisotopic (exact) mass is 522 g/mol. The highest BCUT2D eigenvalue weighted by Gasteiger charge is 2.37. The van der Waals surface area contributed by atoms with Gasteiger partial charge in [0.15, 0.2) is 11.5 Å². The Morgan fingerprint density at radius 3 is 2.16 bits per heavy atom. The molecule has 2 heterocycles. The molecule has 37 heavy (non-hydrogen) atoms. The van der Waals surface area contributed by atoms with Crippen molar-refractivity contribution in [3.8, 4) is 11.3 Å². The van der Waals surface area contributed by atoms with Crippen LogP contribution in [0.2, 0.25) is 0 Å². The van der Waals surface area contributed by atoms with Crippen molar-refractivity contribution in [3.63, 3.8) is 0 Å². The van der Waals surface area contributed by atoms with E-state index in [0.717, 1.165) is 4.90 Å². The molecule has 1 N–H and O–H groups in total. The van der Waals surface area contributed by atoms with Crippen molar-refractivity contribution in [1.29, 1.82) is 0 Å². The van der Waals surface area contributed by atoms with Crippen molar-refractivity contribution in [2.24, 2.45) is 0 Å². The van der Waals surface area contributed by atoms with Gasteiger partial charge in [0.25, 0.3) is 11.8 Å². The zero-order valence-corrected chi connectivity index (χ0v) is 19.0. The van der Waals surface area contributed by atoms with E-state index in [4.69, 9.17) is 4.52 Å². The van der Waals surface area contributed by atoms with E-state index in [1.807, 2.05) is 0 Å². The number of alkyl halides is 3. The molecule has 1 fully saturated rings. The Balaban J connectivity index is 1.30. The Bertz CT molecular complexity index is 1320. The molecule has 0 atom stereocenters. The molecule has 3 aromatic rings. The van der Waals surface area contributed by atoms with Crippen LogP contribution in [-0.4, -0.2) is 65.4 Å². The van der Waals surface area contributed by atoms with Crippen LogP contribution in [0, 0.1) is 11.6 Å². The molecule has 0 saturated carbocycles. The van der Waals surface area contributed by atoms with Gasteiger partial charge in [-0.1, -0.05) is 5.16 Å². The second-order valence-corrected chi connectivity index (χ2v) is 8.13. The molecule has 0 radical (unpaired) electrons. The summed E-state index contributed by atoms with van der Waals surface area (Å²) in [6.07, 6.45) is -4.84. The zero-order chi connectivity index (χ0) is 26.7. The van der Waals surface area contributed by atoms with Crippen molar-refractivity contribution in [2.75, 3.05) is 32.7 Å². The Kier molecular flexibility index (Phi) is 7.23. The van der Waals surface area contributed by atoms with Crippen LogP contribution >= 0.6 is 0 Å². The maximum Gasteiger partial charge on any atom is 0.417 e. The number of amides is 3. The smallest absolute Gasteiger partial charge is 0.355 e. The van der Waals surface area contributed by atoms with Gasteiger partial charge in [0.2, 0.25) is 5.91 Å². The van der Waals surface area contributed by atoms with Crippen LogP contribution in [0.15, 0.2) is 53.1 Å². The summed E-state index contributed by atoms with van der Waals surface area (Å²) in [6, 6.07) is 8.36. The van der Waals surface area contributed by atoms with E-state index in [1.165, 1.54) is 35.2 Å². The standard InChI is InChI=1S/C24H19F5N4O4/c25-15-3-1-14(2-4-15)20-12-19(31-37-20)22(35)30-13-21(34)32-7-9-33(10-8-32)23(36)17-11-16(26)5-6-18(17)24(27,28)29/h1-6,11-12H,7-10,13H2,(H,30,35). The number of halogens is 5. The van der Waals surface area contributed by atoms with Gasteiger partial charge in [0.05, 0.1) is 17.7 Å². The van der Waals surface area contributed by atoms with E-state index in [9.17, 15) is 36.3 Å². The zero-order valence-electron chi connectivity index (χ0n) is 19.0. The summed E-state index contributed by atoms with van der Waals surface area (Å²) < 4.78 is 71.4. The first-order valence-corrected chi connectivity index (χ1v) is 11.0. The van der Waals surface area contributed by atoms with Gasteiger partial charge in [-0.25, -0.2) is 8.78 Å². The lowest BCUT2D eigenvalue weighted by Crippen LogP contribution is -2.52. The van der Waals surface area contributed by atoms with E-state index in [1.54, 1.807) is 0 Å².